The van der Waals surface area contributed by atoms with E-state index in [1.807, 2.05) is 54.3 Å². The average Bonchev–Trinajstić information content (AvgIpc) is 2.66. The summed E-state index contributed by atoms with van der Waals surface area (Å²) in [6, 6.07) is 18.2. The molecule has 4 nitrogen and oxygen atoms in total. The van der Waals surface area contributed by atoms with Gasteiger partial charge in [0.25, 0.3) is 0 Å². The molecule has 0 bridgehead atoms. The zero-order chi connectivity index (χ0) is 18.4. The lowest BCUT2D eigenvalue weighted by Gasteiger charge is -2.38. The molecule has 1 amide bonds. The first kappa shape index (κ1) is 18.5. The molecule has 0 N–H and O–H groups in total. The number of amides is 1. The smallest absolute Gasteiger partial charge is 0.227 e. The Hall–Kier alpha value is -2.33. The first-order chi connectivity index (χ1) is 12.7. The lowest BCUT2D eigenvalue weighted by Crippen LogP contribution is -2.52. The van der Waals surface area contributed by atoms with Crippen molar-refractivity contribution in [1.29, 1.82) is 0 Å². The van der Waals surface area contributed by atoms with E-state index < -0.39 is 0 Å². The van der Waals surface area contributed by atoms with Crippen LogP contribution in [0.4, 0.5) is 0 Å². The molecule has 2 unspecified atom stereocenters. The molecule has 1 aliphatic heterocycles. The minimum atomic E-state index is 0.0536. The van der Waals surface area contributed by atoms with E-state index in [9.17, 15) is 4.79 Å². The quantitative estimate of drug-likeness (QED) is 0.798. The summed E-state index contributed by atoms with van der Waals surface area (Å²) in [5, 5.41) is 0. The molecule has 0 spiro atoms. The number of rotatable bonds is 6. The molecule has 2 aromatic carbocycles. The molecule has 1 aliphatic rings. The van der Waals surface area contributed by atoms with Gasteiger partial charge < -0.3 is 14.4 Å². The molecule has 0 aliphatic carbocycles. The van der Waals surface area contributed by atoms with Crippen molar-refractivity contribution >= 4 is 5.91 Å². The van der Waals surface area contributed by atoms with Crippen LogP contribution >= 0.6 is 0 Å². The van der Waals surface area contributed by atoms with Crippen molar-refractivity contribution in [3.63, 3.8) is 0 Å². The van der Waals surface area contributed by atoms with Crippen LogP contribution in [0.15, 0.2) is 54.6 Å². The SMILES string of the molecule is CCOc1ccc(CC(=O)N2CC(Cc3ccccc3)OCC2C)cc1. The highest BCUT2D eigenvalue weighted by Crippen LogP contribution is 2.18. The van der Waals surface area contributed by atoms with Crippen molar-refractivity contribution in [3.05, 3.63) is 65.7 Å². The van der Waals surface area contributed by atoms with E-state index in [1.165, 1.54) is 5.56 Å². The molecule has 3 rings (SSSR count). The fraction of sp³-hybridized carbons (Fsp3) is 0.409. The zero-order valence-electron chi connectivity index (χ0n) is 15.6. The summed E-state index contributed by atoms with van der Waals surface area (Å²) in [5.41, 5.74) is 2.25. The second kappa shape index (κ2) is 8.86. The molecule has 138 valence electrons. The number of carbonyl (C=O) groups excluding carboxylic acids is 1. The van der Waals surface area contributed by atoms with E-state index in [-0.39, 0.29) is 18.1 Å². The van der Waals surface area contributed by atoms with Crippen molar-refractivity contribution in [3.8, 4) is 5.75 Å². The summed E-state index contributed by atoms with van der Waals surface area (Å²) in [4.78, 5) is 14.8. The number of nitrogens with zero attached hydrogens (tertiary/aromatic N) is 1. The van der Waals surface area contributed by atoms with Gasteiger partial charge in [0.1, 0.15) is 5.75 Å². The van der Waals surface area contributed by atoms with Gasteiger partial charge in [-0.3, -0.25) is 4.79 Å². The van der Waals surface area contributed by atoms with Crippen LogP contribution in [-0.4, -0.2) is 42.7 Å². The normalized spacial score (nSPS) is 20.0. The Bertz CT molecular complexity index is 699. The van der Waals surface area contributed by atoms with Gasteiger partial charge in [0.05, 0.1) is 31.8 Å². The third-order valence-corrected chi connectivity index (χ3v) is 4.72. The number of benzene rings is 2. The summed E-state index contributed by atoms with van der Waals surface area (Å²) < 4.78 is 11.4. The first-order valence-corrected chi connectivity index (χ1v) is 9.32. The largest absolute Gasteiger partial charge is 0.494 e. The number of morpholine rings is 1. The van der Waals surface area contributed by atoms with Crippen LogP contribution in [-0.2, 0) is 22.4 Å². The van der Waals surface area contributed by atoms with Gasteiger partial charge >= 0.3 is 0 Å². The van der Waals surface area contributed by atoms with Gasteiger partial charge in [0.15, 0.2) is 0 Å². The van der Waals surface area contributed by atoms with Crippen molar-refractivity contribution in [2.75, 3.05) is 19.8 Å². The number of hydrogen-bond acceptors (Lipinski definition) is 3. The second-order valence-electron chi connectivity index (χ2n) is 6.79. The molecule has 4 heteroatoms. The first-order valence-electron chi connectivity index (χ1n) is 9.32. The molecule has 1 heterocycles. The van der Waals surface area contributed by atoms with E-state index >= 15 is 0 Å². The van der Waals surface area contributed by atoms with Crippen LogP contribution in [0.3, 0.4) is 0 Å². The summed E-state index contributed by atoms with van der Waals surface area (Å²) >= 11 is 0. The van der Waals surface area contributed by atoms with Gasteiger partial charge in [-0.1, -0.05) is 42.5 Å². The molecule has 0 aromatic heterocycles. The lowest BCUT2D eigenvalue weighted by molar-refractivity contribution is -0.143. The van der Waals surface area contributed by atoms with E-state index in [4.69, 9.17) is 9.47 Å². The highest BCUT2D eigenvalue weighted by molar-refractivity contribution is 5.79. The Labute approximate surface area is 155 Å². The van der Waals surface area contributed by atoms with E-state index in [1.54, 1.807) is 0 Å². The number of ether oxygens (including phenoxy) is 2. The van der Waals surface area contributed by atoms with Crippen LogP contribution in [0.25, 0.3) is 0 Å². The van der Waals surface area contributed by atoms with Gasteiger partial charge in [0, 0.05) is 13.0 Å². The van der Waals surface area contributed by atoms with Gasteiger partial charge in [-0.2, -0.15) is 0 Å². The van der Waals surface area contributed by atoms with Crippen molar-refractivity contribution < 1.29 is 14.3 Å². The van der Waals surface area contributed by atoms with Crippen LogP contribution in [0.2, 0.25) is 0 Å². The minimum Gasteiger partial charge on any atom is -0.494 e. The van der Waals surface area contributed by atoms with Crippen molar-refractivity contribution in [2.24, 2.45) is 0 Å². The Kier molecular flexibility index (Phi) is 6.29. The standard InChI is InChI=1S/C22H27NO3/c1-3-25-20-11-9-19(10-12-20)14-22(24)23-15-21(26-16-17(23)2)13-18-7-5-4-6-8-18/h4-12,17,21H,3,13-16H2,1-2H3. The highest BCUT2D eigenvalue weighted by Gasteiger charge is 2.29. The average molecular weight is 353 g/mol. The third kappa shape index (κ3) is 4.85. The molecule has 26 heavy (non-hydrogen) atoms. The number of hydrogen-bond donors (Lipinski definition) is 0. The van der Waals surface area contributed by atoms with Crippen molar-refractivity contribution in [2.45, 2.75) is 38.8 Å². The van der Waals surface area contributed by atoms with Gasteiger partial charge in [-0.15, -0.1) is 0 Å². The van der Waals surface area contributed by atoms with Crippen LogP contribution in [0, 0.1) is 0 Å². The summed E-state index contributed by atoms with van der Waals surface area (Å²) in [5.74, 6) is 0.995. The van der Waals surface area contributed by atoms with Crippen LogP contribution < -0.4 is 4.74 Å². The van der Waals surface area contributed by atoms with Gasteiger partial charge in [-0.05, 0) is 37.1 Å². The molecule has 0 radical (unpaired) electrons. The highest BCUT2D eigenvalue weighted by atomic mass is 16.5. The fourth-order valence-electron chi connectivity index (χ4n) is 3.31. The summed E-state index contributed by atoms with van der Waals surface area (Å²) in [6.07, 6.45) is 1.30. The Morgan fingerprint density at radius 1 is 1.12 bits per heavy atom. The van der Waals surface area contributed by atoms with Crippen LogP contribution in [0.5, 0.6) is 5.75 Å². The Morgan fingerprint density at radius 3 is 2.54 bits per heavy atom. The Balaban J connectivity index is 1.59. The predicted octanol–water partition coefficient (Wildman–Crippen LogP) is 3.49. The predicted molar refractivity (Wildman–Crippen MR) is 102 cm³/mol. The maximum atomic E-state index is 12.8. The van der Waals surface area contributed by atoms with Crippen molar-refractivity contribution in [1.82, 2.24) is 4.90 Å². The lowest BCUT2D eigenvalue weighted by atomic mass is 10.0. The monoisotopic (exact) mass is 353 g/mol. The minimum absolute atomic E-state index is 0.0536. The van der Waals surface area contributed by atoms with E-state index in [0.29, 0.717) is 26.2 Å². The molecule has 1 fully saturated rings. The summed E-state index contributed by atoms with van der Waals surface area (Å²) in [6.45, 7) is 5.89. The topological polar surface area (TPSA) is 38.8 Å². The molecular formula is C22H27NO3. The fourth-order valence-corrected chi connectivity index (χ4v) is 3.31. The third-order valence-electron chi connectivity index (χ3n) is 4.72. The van der Waals surface area contributed by atoms with Crippen LogP contribution in [0.1, 0.15) is 25.0 Å². The van der Waals surface area contributed by atoms with E-state index in [0.717, 1.165) is 17.7 Å². The molecule has 2 atom stereocenters. The molecular weight excluding hydrogens is 326 g/mol. The van der Waals surface area contributed by atoms with E-state index in [2.05, 4.69) is 19.1 Å². The van der Waals surface area contributed by atoms with Gasteiger partial charge in [0.2, 0.25) is 5.91 Å². The molecule has 1 saturated heterocycles. The maximum absolute atomic E-state index is 12.8. The number of carbonyl (C=O) groups is 1. The summed E-state index contributed by atoms with van der Waals surface area (Å²) in [7, 11) is 0. The maximum Gasteiger partial charge on any atom is 0.227 e. The molecule has 0 saturated carbocycles. The molecule has 2 aromatic rings. The van der Waals surface area contributed by atoms with Gasteiger partial charge in [-0.25, -0.2) is 0 Å². The Morgan fingerprint density at radius 2 is 1.85 bits per heavy atom. The second-order valence-corrected chi connectivity index (χ2v) is 6.79. The zero-order valence-corrected chi connectivity index (χ0v) is 15.6.